The van der Waals surface area contributed by atoms with Gasteiger partial charge in [-0.2, -0.15) is 0 Å². The topological polar surface area (TPSA) is 117 Å². The number of nitrogens with zero attached hydrogens (tertiary/aromatic N) is 6. The predicted molar refractivity (Wildman–Crippen MR) is 102 cm³/mol. The number of rotatable bonds is 7. The summed E-state index contributed by atoms with van der Waals surface area (Å²) in [4.78, 5) is 46.3. The Kier molecular flexibility index (Phi) is 5.78. The zero-order valence-electron chi connectivity index (χ0n) is 15.7. The summed E-state index contributed by atoms with van der Waals surface area (Å²) in [6, 6.07) is 4.78. The van der Waals surface area contributed by atoms with Crippen molar-refractivity contribution in [2.75, 3.05) is 27.2 Å². The minimum absolute atomic E-state index is 0.0366. The van der Waals surface area contributed by atoms with Gasteiger partial charge in [0.15, 0.2) is 0 Å². The van der Waals surface area contributed by atoms with E-state index < -0.39 is 0 Å². The first kappa shape index (κ1) is 19.2. The van der Waals surface area contributed by atoms with Crippen molar-refractivity contribution in [3.8, 4) is 0 Å². The Morgan fingerprint density at radius 3 is 2.71 bits per heavy atom. The van der Waals surface area contributed by atoms with E-state index in [1.165, 1.54) is 11.2 Å². The molecule has 3 aromatic rings. The molecule has 2 heterocycles. The van der Waals surface area contributed by atoms with Crippen molar-refractivity contribution in [3.63, 3.8) is 0 Å². The van der Waals surface area contributed by atoms with Crippen LogP contribution in [-0.2, 0) is 11.3 Å². The third-order valence-corrected chi connectivity index (χ3v) is 4.46. The molecule has 2 aromatic heterocycles. The van der Waals surface area contributed by atoms with Crippen LogP contribution in [0, 0.1) is 0 Å². The van der Waals surface area contributed by atoms with E-state index in [1.54, 1.807) is 54.3 Å². The van der Waals surface area contributed by atoms with Gasteiger partial charge in [0.25, 0.3) is 11.5 Å². The van der Waals surface area contributed by atoms with Crippen LogP contribution < -0.4 is 5.56 Å². The molecule has 0 fully saturated rings. The Hall–Kier alpha value is -3.56. The fraction of sp³-hybridized carbons (Fsp3) is 0.333. The second-order valence-corrected chi connectivity index (χ2v) is 6.42. The van der Waals surface area contributed by atoms with Crippen LogP contribution in [-0.4, -0.2) is 73.8 Å². The van der Waals surface area contributed by atoms with Crippen LogP contribution >= 0.6 is 0 Å². The number of benzene rings is 1. The highest BCUT2D eigenvalue weighted by molar-refractivity contribution is 5.97. The molecule has 10 nitrogen and oxygen atoms in total. The Morgan fingerprint density at radius 1 is 1.18 bits per heavy atom. The molecular weight excluding hydrogens is 362 g/mol. The summed E-state index contributed by atoms with van der Waals surface area (Å²) in [7, 11) is 3.37. The minimum Gasteiger partial charge on any atom is -0.344 e. The average molecular weight is 383 g/mol. The van der Waals surface area contributed by atoms with Gasteiger partial charge in [0.05, 0.1) is 30.0 Å². The maximum absolute atomic E-state index is 12.6. The molecule has 1 aromatic carbocycles. The highest BCUT2D eigenvalue weighted by atomic mass is 16.2. The number of aromatic nitrogens is 5. The van der Waals surface area contributed by atoms with Crippen molar-refractivity contribution >= 4 is 22.7 Å². The van der Waals surface area contributed by atoms with Gasteiger partial charge >= 0.3 is 0 Å². The summed E-state index contributed by atoms with van der Waals surface area (Å²) in [5, 5.41) is 7.95. The number of nitrogens with one attached hydrogen (secondary N) is 1. The fourth-order valence-electron chi connectivity index (χ4n) is 2.70. The SMILES string of the molecule is CN(CCN(C)C(=O)c1ccc2c(=O)[nH]cnc2c1)C(=O)CCn1ccnn1. The standard InChI is InChI=1S/C18H21N7O3/c1-23(16(26)5-7-25-8-6-21-22-25)9-10-24(2)18(28)13-3-4-14-15(11-13)19-12-20-17(14)27/h3-4,6,8,11-12H,5,7,9-10H2,1-2H3,(H,19,20,27). The van der Waals surface area contributed by atoms with E-state index >= 15 is 0 Å². The van der Waals surface area contributed by atoms with Crippen LogP contribution in [0.4, 0.5) is 0 Å². The first-order chi connectivity index (χ1) is 13.5. The number of hydrogen-bond acceptors (Lipinski definition) is 6. The fourth-order valence-corrected chi connectivity index (χ4v) is 2.70. The molecule has 0 unspecified atom stereocenters. The molecule has 0 atom stereocenters. The zero-order chi connectivity index (χ0) is 20.1. The normalized spacial score (nSPS) is 10.8. The maximum Gasteiger partial charge on any atom is 0.258 e. The van der Waals surface area contributed by atoms with Crippen LogP contribution in [0.5, 0.6) is 0 Å². The number of fused-ring (bicyclic) bond motifs is 1. The second-order valence-electron chi connectivity index (χ2n) is 6.42. The molecule has 0 saturated carbocycles. The van der Waals surface area contributed by atoms with Crippen LogP contribution in [0.15, 0.2) is 41.7 Å². The summed E-state index contributed by atoms with van der Waals surface area (Å²) in [5.41, 5.74) is 0.653. The number of likely N-dealkylation sites (N-methyl/N-ethyl adjacent to an activating group) is 2. The lowest BCUT2D eigenvalue weighted by Crippen LogP contribution is -2.37. The Bertz CT molecular complexity index is 1030. The van der Waals surface area contributed by atoms with Gasteiger partial charge in [0.2, 0.25) is 5.91 Å². The molecular formula is C18H21N7O3. The molecule has 0 aliphatic rings. The van der Waals surface area contributed by atoms with E-state index in [4.69, 9.17) is 0 Å². The highest BCUT2D eigenvalue weighted by Gasteiger charge is 2.15. The summed E-state index contributed by atoms with van der Waals surface area (Å²) in [6.07, 6.45) is 4.88. The van der Waals surface area contributed by atoms with Gasteiger partial charge in [-0.05, 0) is 18.2 Å². The van der Waals surface area contributed by atoms with E-state index in [0.717, 1.165) is 0 Å². The van der Waals surface area contributed by atoms with Gasteiger partial charge in [0.1, 0.15) is 0 Å². The van der Waals surface area contributed by atoms with Gasteiger partial charge in [-0.15, -0.1) is 5.10 Å². The summed E-state index contributed by atoms with van der Waals surface area (Å²) in [6.45, 7) is 1.25. The number of carbonyl (C=O) groups excluding carboxylic acids is 2. The van der Waals surface area contributed by atoms with Gasteiger partial charge < -0.3 is 14.8 Å². The predicted octanol–water partition coefficient (Wildman–Crippen LogP) is 0.135. The molecule has 3 rings (SSSR count). The van der Waals surface area contributed by atoms with Crippen molar-refractivity contribution in [3.05, 3.63) is 52.8 Å². The quantitative estimate of drug-likeness (QED) is 0.620. The Balaban J connectivity index is 1.55. The van der Waals surface area contributed by atoms with Gasteiger partial charge in [-0.1, -0.05) is 5.21 Å². The van der Waals surface area contributed by atoms with Crippen LogP contribution in [0.25, 0.3) is 10.9 Å². The molecule has 1 N–H and O–H groups in total. The molecule has 0 aliphatic carbocycles. The number of aryl methyl sites for hydroxylation is 1. The summed E-state index contributed by atoms with van der Waals surface area (Å²) in [5.74, 6) is -0.238. The first-order valence-electron chi connectivity index (χ1n) is 8.76. The monoisotopic (exact) mass is 383 g/mol. The largest absolute Gasteiger partial charge is 0.344 e. The number of hydrogen-bond donors (Lipinski definition) is 1. The lowest BCUT2D eigenvalue weighted by atomic mass is 10.1. The average Bonchev–Trinajstić information content (AvgIpc) is 3.23. The molecule has 0 saturated heterocycles. The Morgan fingerprint density at radius 2 is 1.96 bits per heavy atom. The number of H-pyrrole nitrogens is 1. The van der Waals surface area contributed by atoms with Crippen LogP contribution in [0.2, 0.25) is 0 Å². The van der Waals surface area contributed by atoms with E-state index in [-0.39, 0.29) is 17.4 Å². The molecule has 28 heavy (non-hydrogen) atoms. The lowest BCUT2D eigenvalue weighted by molar-refractivity contribution is -0.130. The minimum atomic E-state index is -0.247. The molecule has 146 valence electrons. The van der Waals surface area contributed by atoms with Crippen molar-refractivity contribution < 1.29 is 9.59 Å². The second kappa shape index (κ2) is 8.42. The molecule has 0 radical (unpaired) electrons. The van der Waals surface area contributed by atoms with Crippen LogP contribution in [0.3, 0.4) is 0 Å². The maximum atomic E-state index is 12.6. The first-order valence-corrected chi connectivity index (χ1v) is 8.76. The van der Waals surface area contributed by atoms with Crippen molar-refractivity contribution in [1.29, 1.82) is 0 Å². The zero-order valence-corrected chi connectivity index (χ0v) is 15.7. The molecule has 0 bridgehead atoms. The summed E-state index contributed by atoms with van der Waals surface area (Å²) >= 11 is 0. The third kappa shape index (κ3) is 4.40. The lowest BCUT2D eigenvalue weighted by Gasteiger charge is -2.22. The number of aromatic amines is 1. The number of carbonyl (C=O) groups is 2. The van der Waals surface area contributed by atoms with Crippen LogP contribution in [0.1, 0.15) is 16.8 Å². The van der Waals surface area contributed by atoms with E-state index in [1.807, 2.05) is 0 Å². The van der Waals surface area contributed by atoms with Gasteiger partial charge in [-0.3, -0.25) is 19.1 Å². The number of amides is 2. The molecule has 0 aliphatic heterocycles. The molecule has 10 heteroatoms. The van der Waals surface area contributed by atoms with Crippen molar-refractivity contribution in [2.24, 2.45) is 0 Å². The van der Waals surface area contributed by atoms with Crippen molar-refractivity contribution in [2.45, 2.75) is 13.0 Å². The van der Waals surface area contributed by atoms with Gasteiger partial charge in [-0.25, -0.2) is 4.98 Å². The third-order valence-electron chi connectivity index (χ3n) is 4.46. The highest BCUT2D eigenvalue weighted by Crippen LogP contribution is 2.11. The van der Waals surface area contributed by atoms with E-state index in [9.17, 15) is 14.4 Å². The molecule has 2 amide bonds. The Labute approximate surface area is 160 Å². The molecule has 0 spiro atoms. The van der Waals surface area contributed by atoms with E-state index in [0.29, 0.717) is 42.5 Å². The van der Waals surface area contributed by atoms with Gasteiger partial charge in [0, 0.05) is 45.4 Å². The van der Waals surface area contributed by atoms with Crippen molar-refractivity contribution in [1.82, 2.24) is 34.8 Å². The summed E-state index contributed by atoms with van der Waals surface area (Å²) < 4.78 is 1.60. The van der Waals surface area contributed by atoms with E-state index in [2.05, 4.69) is 20.3 Å². The smallest absolute Gasteiger partial charge is 0.258 e.